The molecule has 6 heteroatoms. The first-order chi connectivity index (χ1) is 6.04. The molecule has 0 fully saturated rings. The van der Waals surface area contributed by atoms with Gasteiger partial charge < -0.3 is 15.4 Å². The van der Waals surface area contributed by atoms with E-state index < -0.39 is 23.3 Å². The van der Waals surface area contributed by atoms with Crippen molar-refractivity contribution in [3.05, 3.63) is 34.8 Å². The zero-order valence-electron chi connectivity index (χ0n) is 6.30. The van der Waals surface area contributed by atoms with Crippen molar-refractivity contribution in [1.29, 1.82) is 0 Å². The Morgan fingerprint density at radius 3 is 1.85 bits per heavy atom. The minimum absolute atomic E-state index is 0.134. The molecule has 1 aromatic rings. The van der Waals surface area contributed by atoms with Gasteiger partial charge in [0.2, 0.25) is 0 Å². The number of rotatable bonds is 2. The normalized spacial score (nSPS) is 9.54. The summed E-state index contributed by atoms with van der Waals surface area (Å²) in [7, 11) is 0. The Hall–Kier alpha value is -2.11. The number of carboxylic acids is 2. The predicted octanol–water partition coefficient (Wildman–Crippen LogP) is -0.284. The molecule has 6 nitrogen and oxygen atoms in total. The lowest BCUT2D eigenvalue weighted by Crippen LogP contribution is -2.40. The second kappa shape index (κ2) is 3.10. The standard InChI is InChI=1S/C7H5NO5/c9-6(10)4-2-1-3-5(7(11)12)8(4)13/h1-3H,(H,9,10)(H,11,12). The van der Waals surface area contributed by atoms with E-state index in [2.05, 4.69) is 0 Å². The highest BCUT2D eigenvalue weighted by Crippen LogP contribution is 1.96. The molecule has 0 aliphatic carbocycles. The molecule has 0 aliphatic heterocycles. The topological polar surface area (TPSA) is 102 Å². The van der Waals surface area contributed by atoms with Crippen molar-refractivity contribution in [2.45, 2.75) is 0 Å². The molecule has 0 atom stereocenters. The molecule has 1 heterocycles. The summed E-state index contributed by atoms with van der Waals surface area (Å²) in [6, 6.07) is 3.25. The largest absolute Gasteiger partial charge is 0.617 e. The summed E-state index contributed by atoms with van der Waals surface area (Å²) >= 11 is 0. The third-order valence-electron chi connectivity index (χ3n) is 1.38. The fourth-order valence-electron chi connectivity index (χ4n) is 0.812. The van der Waals surface area contributed by atoms with E-state index in [4.69, 9.17) is 10.2 Å². The lowest BCUT2D eigenvalue weighted by Gasteiger charge is -2.02. The summed E-state index contributed by atoms with van der Waals surface area (Å²) in [5.41, 5.74) is -1.22. The predicted molar refractivity (Wildman–Crippen MR) is 39.3 cm³/mol. The van der Waals surface area contributed by atoms with Crippen molar-refractivity contribution >= 4 is 11.9 Å². The van der Waals surface area contributed by atoms with Crippen molar-refractivity contribution in [3.63, 3.8) is 0 Å². The van der Waals surface area contributed by atoms with Crippen LogP contribution in [0.1, 0.15) is 21.0 Å². The number of aromatic nitrogens is 1. The average Bonchev–Trinajstić information content (AvgIpc) is 2.03. The van der Waals surface area contributed by atoms with Gasteiger partial charge in [-0.2, -0.15) is 4.73 Å². The van der Waals surface area contributed by atoms with E-state index in [1.807, 2.05) is 0 Å². The number of hydrogen-bond acceptors (Lipinski definition) is 3. The Balaban J connectivity index is 3.35. The van der Waals surface area contributed by atoms with Gasteiger partial charge in [-0.15, -0.1) is 0 Å². The minimum atomic E-state index is -1.46. The maximum absolute atomic E-state index is 11.0. The van der Waals surface area contributed by atoms with Gasteiger partial charge in [-0.3, -0.25) is 0 Å². The Labute approximate surface area is 72.3 Å². The fraction of sp³-hybridized carbons (Fsp3) is 0. The molecule has 1 aromatic heterocycles. The van der Waals surface area contributed by atoms with Gasteiger partial charge in [0, 0.05) is 12.1 Å². The molecular formula is C7H5NO5. The summed E-state index contributed by atoms with van der Waals surface area (Å²) in [4.78, 5) is 20.8. The van der Waals surface area contributed by atoms with Gasteiger partial charge >= 0.3 is 23.3 Å². The third-order valence-corrected chi connectivity index (χ3v) is 1.38. The van der Waals surface area contributed by atoms with Crippen LogP contribution in [-0.2, 0) is 0 Å². The lowest BCUT2D eigenvalue weighted by molar-refractivity contribution is -0.611. The number of nitrogens with zero attached hydrogens (tertiary/aromatic N) is 1. The summed E-state index contributed by atoms with van der Waals surface area (Å²) in [6.07, 6.45) is 0. The molecule has 1 rings (SSSR count). The van der Waals surface area contributed by atoms with Gasteiger partial charge in [0.15, 0.2) is 0 Å². The molecule has 0 spiro atoms. The van der Waals surface area contributed by atoms with Crippen LogP contribution in [0.15, 0.2) is 18.2 Å². The molecule has 0 saturated carbocycles. The number of aromatic carboxylic acids is 2. The summed E-state index contributed by atoms with van der Waals surface area (Å²) in [5, 5.41) is 27.9. The zero-order chi connectivity index (χ0) is 10.0. The van der Waals surface area contributed by atoms with E-state index >= 15 is 0 Å². The highest BCUT2D eigenvalue weighted by molar-refractivity contribution is 5.86. The second-order valence-corrected chi connectivity index (χ2v) is 2.20. The molecular weight excluding hydrogens is 178 g/mol. The van der Waals surface area contributed by atoms with Crippen molar-refractivity contribution in [2.75, 3.05) is 0 Å². The minimum Gasteiger partial charge on any atom is -0.617 e. The fourth-order valence-corrected chi connectivity index (χ4v) is 0.812. The van der Waals surface area contributed by atoms with Gasteiger partial charge in [0.1, 0.15) is 0 Å². The first-order valence-corrected chi connectivity index (χ1v) is 3.23. The highest BCUT2D eigenvalue weighted by Gasteiger charge is 2.21. The zero-order valence-corrected chi connectivity index (χ0v) is 6.30. The van der Waals surface area contributed by atoms with Crippen molar-refractivity contribution < 1.29 is 24.5 Å². The summed E-state index contributed by atoms with van der Waals surface area (Å²) in [6.45, 7) is 0. The molecule has 13 heavy (non-hydrogen) atoms. The van der Waals surface area contributed by atoms with Crippen LogP contribution >= 0.6 is 0 Å². The van der Waals surface area contributed by atoms with E-state index in [0.29, 0.717) is 0 Å². The number of carbonyl (C=O) groups is 2. The van der Waals surface area contributed by atoms with Crippen molar-refractivity contribution in [1.82, 2.24) is 0 Å². The molecule has 0 aromatic carbocycles. The van der Waals surface area contributed by atoms with Gasteiger partial charge in [0.05, 0.1) is 0 Å². The molecule has 2 N–H and O–H groups in total. The van der Waals surface area contributed by atoms with Crippen LogP contribution in [0.2, 0.25) is 0 Å². The number of carboxylic acid groups (broad SMARTS) is 2. The SMILES string of the molecule is O=C(O)c1cccc(C(=O)O)[n+]1[O-]. The third kappa shape index (κ3) is 1.56. The maximum Gasteiger partial charge on any atom is 0.402 e. The molecule has 0 saturated heterocycles. The van der Waals surface area contributed by atoms with Gasteiger partial charge in [-0.05, 0) is 6.07 Å². The van der Waals surface area contributed by atoms with Crippen LogP contribution < -0.4 is 4.73 Å². The van der Waals surface area contributed by atoms with E-state index in [-0.39, 0.29) is 4.73 Å². The van der Waals surface area contributed by atoms with Crippen LogP contribution in [0.5, 0.6) is 0 Å². The average molecular weight is 183 g/mol. The van der Waals surface area contributed by atoms with Gasteiger partial charge in [-0.25, -0.2) is 9.59 Å². The van der Waals surface area contributed by atoms with Crippen LogP contribution in [0, 0.1) is 5.21 Å². The summed E-state index contributed by atoms with van der Waals surface area (Å²) < 4.78 is -0.134. The van der Waals surface area contributed by atoms with Crippen LogP contribution in [0.4, 0.5) is 0 Å². The van der Waals surface area contributed by atoms with Crippen LogP contribution in [-0.4, -0.2) is 22.2 Å². The highest BCUT2D eigenvalue weighted by atomic mass is 16.5. The molecule has 0 aliphatic rings. The van der Waals surface area contributed by atoms with E-state index in [1.165, 1.54) is 6.07 Å². The van der Waals surface area contributed by atoms with E-state index in [1.54, 1.807) is 0 Å². The lowest BCUT2D eigenvalue weighted by atomic mass is 10.3. The Kier molecular flexibility index (Phi) is 2.14. The molecule has 0 unspecified atom stereocenters. The molecule has 68 valence electrons. The maximum atomic E-state index is 11.0. The number of pyridine rings is 1. The van der Waals surface area contributed by atoms with Gasteiger partial charge in [0.25, 0.3) is 0 Å². The molecule has 0 amide bonds. The van der Waals surface area contributed by atoms with Crippen LogP contribution in [0.25, 0.3) is 0 Å². The Morgan fingerprint density at radius 1 is 1.15 bits per heavy atom. The van der Waals surface area contributed by atoms with E-state index in [9.17, 15) is 14.8 Å². The Bertz CT molecular complexity index is 341. The monoisotopic (exact) mass is 183 g/mol. The molecule has 0 bridgehead atoms. The van der Waals surface area contributed by atoms with Crippen LogP contribution in [0.3, 0.4) is 0 Å². The quantitative estimate of drug-likeness (QED) is 0.484. The van der Waals surface area contributed by atoms with Gasteiger partial charge in [-0.1, -0.05) is 0 Å². The first-order valence-electron chi connectivity index (χ1n) is 3.23. The Morgan fingerprint density at radius 2 is 1.54 bits per heavy atom. The summed E-state index contributed by atoms with van der Waals surface area (Å²) in [5.74, 6) is -2.92. The number of hydrogen-bond donors (Lipinski definition) is 2. The second-order valence-electron chi connectivity index (χ2n) is 2.20. The smallest absolute Gasteiger partial charge is 0.402 e. The first kappa shape index (κ1) is 8.98. The van der Waals surface area contributed by atoms with Crippen molar-refractivity contribution in [3.8, 4) is 0 Å². The van der Waals surface area contributed by atoms with Crippen molar-refractivity contribution in [2.24, 2.45) is 0 Å². The van der Waals surface area contributed by atoms with E-state index in [0.717, 1.165) is 12.1 Å². The molecule has 0 radical (unpaired) electrons.